The van der Waals surface area contributed by atoms with E-state index in [1.165, 1.54) is 5.01 Å². The third kappa shape index (κ3) is 8.99. The van der Waals surface area contributed by atoms with Crippen molar-refractivity contribution in [2.24, 2.45) is 5.92 Å². The van der Waals surface area contributed by atoms with Crippen molar-refractivity contribution in [2.45, 2.75) is 53.0 Å². The number of fused-ring (bicyclic) bond motifs is 1. The van der Waals surface area contributed by atoms with Crippen LogP contribution in [0.15, 0.2) is 42.5 Å². The third-order valence-electron chi connectivity index (χ3n) is 5.85. The molecule has 0 aliphatic heterocycles. The maximum atomic E-state index is 13.3. The monoisotopic (exact) mass is 515 g/mol. The zero-order valence-corrected chi connectivity index (χ0v) is 22.7. The summed E-state index contributed by atoms with van der Waals surface area (Å²) in [6.45, 7) is 10.5. The minimum Gasteiger partial charge on any atom is -0.353 e. The summed E-state index contributed by atoms with van der Waals surface area (Å²) in [5, 5.41) is 11.8. The van der Waals surface area contributed by atoms with Crippen molar-refractivity contribution in [1.29, 1.82) is 0 Å². The number of urea groups is 1. The Morgan fingerprint density at radius 2 is 1.57 bits per heavy atom. The predicted molar refractivity (Wildman–Crippen MR) is 143 cm³/mol. The Balaban J connectivity index is 2.21. The van der Waals surface area contributed by atoms with Crippen LogP contribution in [0.25, 0.3) is 10.8 Å². The van der Waals surface area contributed by atoms with Crippen LogP contribution in [-0.2, 0) is 19.1 Å². The zero-order valence-electron chi connectivity index (χ0n) is 22.7. The SMILES string of the molecule is CCNC(=O)NN(C)CC(=O)NC(C)C(=O)N[C@H](c1cccc2ccccc12)[C@H](C)C(OCC)OCC. The fourth-order valence-electron chi connectivity index (χ4n) is 4.11. The average molecular weight is 516 g/mol. The van der Waals surface area contributed by atoms with E-state index in [4.69, 9.17) is 9.47 Å². The van der Waals surface area contributed by atoms with E-state index in [-0.39, 0.29) is 18.4 Å². The molecule has 37 heavy (non-hydrogen) atoms. The van der Waals surface area contributed by atoms with Crippen LogP contribution >= 0.6 is 0 Å². The fraction of sp³-hybridized carbons (Fsp3) is 0.519. The highest BCUT2D eigenvalue weighted by atomic mass is 16.7. The van der Waals surface area contributed by atoms with Gasteiger partial charge in [-0.05, 0) is 44.0 Å². The molecule has 0 radical (unpaired) electrons. The quantitative estimate of drug-likeness (QED) is 0.227. The first kappa shape index (κ1) is 30.0. The van der Waals surface area contributed by atoms with Crippen LogP contribution in [0, 0.1) is 5.92 Å². The zero-order chi connectivity index (χ0) is 27.4. The van der Waals surface area contributed by atoms with Gasteiger partial charge in [0.1, 0.15) is 6.04 Å². The molecule has 0 aliphatic carbocycles. The molecule has 0 fully saturated rings. The van der Waals surface area contributed by atoms with E-state index < -0.39 is 30.3 Å². The number of nitrogens with one attached hydrogen (secondary N) is 4. The normalized spacial score (nSPS) is 13.7. The van der Waals surface area contributed by atoms with Crippen LogP contribution in [0.5, 0.6) is 0 Å². The number of carbonyl (C=O) groups excluding carboxylic acids is 3. The summed E-state index contributed by atoms with van der Waals surface area (Å²) in [6, 6.07) is 12.3. The third-order valence-corrected chi connectivity index (χ3v) is 5.85. The van der Waals surface area contributed by atoms with Gasteiger partial charge in [-0.3, -0.25) is 15.0 Å². The maximum Gasteiger partial charge on any atom is 0.329 e. The standard InChI is InChI=1S/C27H41N5O5/c1-7-28-27(35)31-32(6)17-23(33)29-19(5)25(34)30-24(18(4)26(36-8-2)37-9-3)22-16-12-14-20-13-10-11-15-21(20)22/h10-16,18-19,24,26H,7-9,17H2,1-6H3,(H,29,33)(H,30,34)(H2,28,31,35)/t18-,19?,24-/m0/s1. The Bertz CT molecular complexity index is 1020. The second-order valence-electron chi connectivity index (χ2n) is 8.81. The number of carbonyl (C=O) groups is 3. The number of benzene rings is 2. The first-order chi connectivity index (χ1) is 17.7. The van der Waals surface area contributed by atoms with E-state index in [1.54, 1.807) is 20.9 Å². The molecule has 0 bridgehead atoms. The molecular formula is C27H41N5O5. The van der Waals surface area contributed by atoms with E-state index in [9.17, 15) is 14.4 Å². The molecule has 10 heteroatoms. The molecule has 10 nitrogen and oxygen atoms in total. The highest BCUT2D eigenvalue weighted by Gasteiger charge is 2.32. The number of amides is 4. The molecule has 4 N–H and O–H groups in total. The number of hydrogen-bond donors (Lipinski definition) is 4. The molecule has 2 aromatic rings. The van der Waals surface area contributed by atoms with Crippen LogP contribution in [-0.4, -0.2) is 68.5 Å². The molecule has 0 spiro atoms. The lowest BCUT2D eigenvalue weighted by atomic mass is 9.89. The van der Waals surface area contributed by atoms with E-state index in [0.717, 1.165) is 16.3 Å². The number of nitrogens with zero attached hydrogens (tertiary/aromatic N) is 1. The van der Waals surface area contributed by atoms with Crippen molar-refractivity contribution in [3.8, 4) is 0 Å². The molecule has 0 aromatic heterocycles. The molecule has 0 saturated heterocycles. The van der Waals surface area contributed by atoms with Gasteiger partial charge in [0.15, 0.2) is 6.29 Å². The van der Waals surface area contributed by atoms with Gasteiger partial charge in [0, 0.05) is 32.7 Å². The molecule has 2 aromatic carbocycles. The summed E-state index contributed by atoms with van der Waals surface area (Å²) >= 11 is 0. The van der Waals surface area contributed by atoms with Crippen molar-refractivity contribution < 1.29 is 23.9 Å². The highest BCUT2D eigenvalue weighted by Crippen LogP contribution is 2.32. The van der Waals surface area contributed by atoms with Crippen LogP contribution < -0.4 is 21.4 Å². The number of likely N-dealkylation sites (N-methyl/N-ethyl adjacent to an activating group) is 1. The number of ether oxygens (including phenoxy) is 2. The van der Waals surface area contributed by atoms with E-state index in [2.05, 4.69) is 21.4 Å². The Morgan fingerprint density at radius 3 is 2.22 bits per heavy atom. The summed E-state index contributed by atoms with van der Waals surface area (Å²) in [5.41, 5.74) is 3.47. The lowest BCUT2D eigenvalue weighted by Crippen LogP contribution is -2.52. The smallest absolute Gasteiger partial charge is 0.329 e. The molecule has 2 rings (SSSR count). The summed E-state index contributed by atoms with van der Waals surface area (Å²) in [6.07, 6.45) is -0.529. The summed E-state index contributed by atoms with van der Waals surface area (Å²) < 4.78 is 11.7. The molecule has 204 valence electrons. The van der Waals surface area contributed by atoms with Gasteiger partial charge >= 0.3 is 6.03 Å². The van der Waals surface area contributed by atoms with E-state index in [1.807, 2.05) is 63.2 Å². The molecule has 0 heterocycles. The van der Waals surface area contributed by atoms with Gasteiger partial charge < -0.3 is 25.4 Å². The van der Waals surface area contributed by atoms with Gasteiger partial charge in [-0.25, -0.2) is 9.80 Å². The number of hydrazine groups is 1. The van der Waals surface area contributed by atoms with Crippen LogP contribution in [0.1, 0.15) is 46.2 Å². The topological polar surface area (TPSA) is 121 Å². The summed E-state index contributed by atoms with van der Waals surface area (Å²) in [7, 11) is 1.57. The van der Waals surface area contributed by atoms with Crippen molar-refractivity contribution in [3.63, 3.8) is 0 Å². The molecule has 1 unspecified atom stereocenters. The minimum atomic E-state index is -0.812. The molecule has 0 aliphatic rings. The second-order valence-corrected chi connectivity index (χ2v) is 8.81. The second kappa shape index (κ2) is 15.1. The first-order valence-electron chi connectivity index (χ1n) is 12.8. The van der Waals surface area contributed by atoms with Crippen LogP contribution in [0.3, 0.4) is 0 Å². The van der Waals surface area contributed by atoms with Crippen LogP contribution in [0.4, 0.5) is 4.79 Å². The van der Waals surface area contributed by atoms with Gasteiger partial charge in [-0.15, -0.1) is 0 Å². The van der Waals surface area contributed by atoms with Gasteiger partial charge in [0.05, 0.1) is 12.6 Å². The average Bonchev–Trinajstić information content (AvgIpc) is 2.86. The van der Waals surface area contributed by atoms with E-state index in [0.29, 0.717) is 19.8 Å². The Labute approximate surface area is 219 Å². The predicted octanol–water partition coefficient (Wildman–Crippen LogP) is 2.70. The molecule has 0 saturated carbocycles. The molecular weight excluding hydrogens is 474 g/mol. The molecule has 4 amide bonds. The highest BCUT2D eigenvalue weighted by molar-refractivity contribution is 5.90. The summed E-state index contributed by atoms with van der Waals surface area (Å²) in [5.74, 6) is -0.979. The number of rotatable bonds is 14. The Hall–Kier alpha value is -3.21. The lowest BCUT2D eigenvalue weighted by Gasteiger charge is -2.33. The Morgan fingerprint density at radius 1 is 0.919 bits per heavy atom. The van der Waals surface area contributed by atoms with E-state index >= 15 is 0 Å². The Kier molecular flexibility index (Phi) is 12.3. The minimum absolute atomic E-state index is 0.116. The molecule has 3 atom stereocenters. The van der Waals surface area contributed by atoms with Gasteiger partial charge in [-0.1, -0.05) is 49.4 Å². The van der Waals surface area contributed by atoms with Crippen molar-refractivity contribution in [2.75, 3.05) is 33.4 Å². The van der Waals surface area contributed by atoms with Crippen molar-refractivity contribution in [1.82, 2.24) is 26.4 Å². The number of hydrogen-bond acceptors (Lipinski definition) is 6. The van der Waals surface area contributed by atoms with Gasteiger partial charge in [-0.2, -0.15) is 0 Å². The maximum absolute atomic E-state index is 13.3. The van der Waals surface area contributed by atoms with Crippen LogP contribution in [0.2, 0.25) is 0 Å². The summed E-state index contributed by atoms with van der Waals surface area (Å²) in [4.78, 5) is 37.4. The van der Waals surface area contributed by atoms with Crippen molar-refractivity contribution in [3.05, 3.63) is 48.0 Å². The van der Waals surface area contributed by atoms with Gasteiger partial charge in [0.25, 0.3) is 0 Å². The van der Waals surface area contributed by atoms with Crippen molar-refractivity contribution >= 4 is 28.6 Å². The first-order valence-corrected chi connectivity index (χ1v) is 12.8. The fourth-order valence-corrected chi connectivity index (χ4v) is 4.11. The van der Waals surface area contributed by atoms with Gasteiger partial charge in [0.2, 0.25) is 11.8 Å². The lowest BCUT2D eigenvalue weighted by molar-refractivity contribution is -0.170. The largest absolute Gasteiger partial charge is 0.353 e.